The molecular weight excluding hydrogens is 329 g/mol. The maximum atomic E-state index is 11.1. The number of hydrogen-bond donors (Lipinski definition) is 0. The molecule has 0 saturated heterocycles. The monoisotopic (exact) mass is 362 g/mol. The first kappa shape index (κ1) is 24.2. The zero-order chi connectivity index (χ0) is 18.6. The molecule has 0 N–H and O–H groups in total. The highest BCUT2D eigenvalue weighted by Crippen LogP contribution is 2.08. The second-order valence-corrected chi connectivity index (χ2v) is 8.35. The van der Waals surface area contributed by atoms with Gasteiger partial charge in [-0.15, -0.1) is 9.10 Å². The highest BCUT2D eigenvalue weighted by molar-refractivity contribution is 6.35. The molecule has 0 aliphatic carbocycles. The van der Waals surface area contributed by atoms with Crippen molar-refractivity contribution < 1.29 is 19.1 Å². The lowest BCUT2D eigenvalue weighted by molar-refractivity contribution is -0.138. The predicted molar refractivity (Wildman–Crippen MR) is 104 cm³/mol. The fourth-order valence-electron chi connectivity index (χ4n) is 2.51. The van der Waals surface area contributed by atoms with E-state index in [9.17, 15) is 9.59 Å². The highest BCUT2D eigenvalue weighted by atomic mass is 24.5. The van der Waals surface area contributed by atoms with Gasteiger partial charge in [0, 0.05) is 12.2 Å². The largest absolute Gasteiger partial charge is 0.463 e. The van der Waals surface area contributed by atoms with E-state index >= 15 is 0 Å². The molecule has 0 atom stereocenters. The minimum Gasteiger partial charge on any atom is -0.463 e. The molecule has 0 fully saturated rings. The number of ether oxygens (including phenoxy) is 2. The van der Waals surface area contributed by atoms with Crippen LogP contribution in [-0.4, -0.2) is 45.5 Å². The van der Waals surface area contributed by atoms with E-state index in [1.54, 1.807) is 12.2 Å². The topological polar surface area (TPSA) is 52.6 Å². The van der Waals surface area contributed by atoms with Crippen molar-refractivity contribution in [3.63, 3.8) is 0 Å². The lowest BCUT2D eigenvalue weighted by Crippen LogP contribution is -2.02. The van der Waals surface area contributed by atoms with Crippen molar-refractivity contribution >= 4 is 32.3 Å². The van der Waals surface area contributed by atoms with Gasteiger partial charge >= 0.3 is 32.3 Å². The van der Waals surface area contributed by atoms with Crippen LogP contribution in [0.25, 0.3) is 0 Å². The molecule has 0 amide bonds. The van der Waals surface area contributed by atoms with Gasteiger partial charge in [0.15, 0.2) is 0 Å². The van der Waals surface area contributed by atoms with E-state index in [2.05, 4.69) is 0 Å². The maximum Gasteiger partial charge on any atom is 0.364 e. The third-order valence-electron chi connectivity index (χ3n) is 3.88. The summed E-state index contributed by atoms with van der Waals surface area (Å²) in [5.41, 5.74) is 0. The first-order chi connectivity index (χ1) is 12.2. The van der Waals surface area contributed by atoms with E-state index < -0.39 is 0 Å². The molecule has 0 unspecified atom stereocenters. The SMILES string of the molecule is CC=CC(=O)OCCCCC[CH2][Mg][CH2]CCCCCOC(=O)C=CC. The van der Waals surface area contributed by atoms with Gasteiger partial charge in [-0.1, -0.05) is 50.7 Å². The Morgan fingerprint density at radius 3 is 1.48 bits per heavy atom. The van der Waals surface area contributed by atoms with Gasteiger partial charge in [0.25, 0.3) is 0 Å². The van der Waals surface area contributed by atoms with Gasteiger partial charge in [-0.05, 0) is 26.7 Å². The number of rotatable bonds is 16. The molecule has 0 heterocycles. The van der Waals surface area contributed by atoms with Gasteiger partial charge in [0.1, 0.15) is 0 Å². The minimum atomic E-state index is -0.231. The summed E-state index contributed by atoms with van der Waals surface area (Å²) < 4.78 is 13.0. The Kier molecular flexibility index (Phi) is 18.9. The predicted octanol–water partition coefficient (Wildman–Crippen LogP) is 4.89. The molecular formula is C20H34MgO4. The fraction of sp³-hybridized carbons (Fsp3) is 0.700. The third-order valence-corrected chi connectivity index (χ3v) is 5.88. The van der Waals surface area contributed by atoms with Gasteiger partial charge in [-0.2, -0.15) is 0 Å². The Hall–Kier alpha value is -0.814. The Balaban J connectivity index is 3.14. The van der Waals surface area contributed by atoms with Crippen LogP contribution in [-0.2, 0) is 19.1 Å². The summed E-state index contributed by atoms with van der Waals surface area (Å²) in [4.78, 5) is 22.2. The first-order valence-corrected chi connectivity index (χ1v) is 11.8. The van der Waals surface area contributed by atoms with Crippen LogP contribution in [0.15, 0.2) is 24.3 Å². The normalized spacial score (nSPS) is 11.0. The van der Waals surface area contributed by atoms with Crippen LogP contribution in [0.1, 0.15) is 65.2 Å². The Bertz CT molecular complexity index is 355. The van der Waals surface area contributed by atoms with E-state index in [0.29, 0.717) is 13.2 Å². The Labute approximate surface area is 163 Å². The van der Waals surface area contributed by atoms with Gasteiger partial charge in [-0.3, -0.25) is 0 Å². The van der Waals surface area contributed by atoms with E-state index in [1.165, 1.54) is 46.9 Å². The first-order valence-electron chi connectivity index (χ1n) is 9.79. The third kappa shape index (κ3) is 19.4. The molecule has 0 rings (SSSR count). The molecule has 0 aliphatic rings. The molecule has 140 valence electrons. The van der Waals surface area contributed by atoms with Crippen LogP contribution < -0.4 is 0 Å². The van der Waals surface area contributed by atoms with Crippen LogP contribution >= 0.6 is 0 Å². The summed E-state index contributed by atoms with van der Waals surface area (Å²) in [5.74, 6) is -0.461. The molecule has 0 bridgehead atoms. The average molecular weight is 363 g/mol. The summed E-state index contributed by atoms with van der Waals surface area (Å²) in [6, 6.07) is 0. The molecule has 0 aliphatic heterocycles. The van der Waals surface area contributed by atoms with Crippen molar-refractivity contribution in [2.24, 2.45) is 0 Å². The number of hydrogen-bond acceptors (Lipinski definition) is 4. The summed E-state index contributed by atoms with van der Waals surface area (Å²) in [6.07, 6.45) is 15.8. The molecule has 0 radical (unpaired) electrons. The smallest absolute Gasteiger partial charge is 0.364 e. The summed E-state index contributed by atoms with van der Waals surface area (Å²) in [7, 11) is 0. The molecule has 0 aromatic rings. The van der Waals surface area contributed by atoms with Crippen LogP contribution in [0.4, 0.5) is 0 Å². The molecule has 4 nitrogen and oxygen atoms in total. The quantitative estimate of drug-likeness (QED) is 0.170. The van der Waals surface area contributed by atoms with Gasteiger partial charge in [0.2, 0.25) is 0 Å². The second-order valence-electron chi connectivity index (χ2n) is 6.22. The van der Waals surface area contributed by atoms with Crippen molar-refractivity contribution in [1.82, 2.24) is 0 Å². The van der Waals surface area contributed by atoms with Crippen LogP contribution in [0, 0.1) is 0 Å². The van der Waals surface area contributed by atoms with Crippen LogP contribution in [0.5, 0.6) is 0 Å². The van der Waals surface area contributed by atoms with Crippen molar-refractivity contribution in [2.45, 2.75) is 74.3 Å². The number of carbonyl (C=O) groups excluding carboxylic acids is 2. The van der Waals surface area contributed by atoms with Crippen molar-refractivity contribution in [1.29, 1.82) is 0 Å². The fourth-order valence-corrected chi connectivity index (χ4v) is 4.28. The molecule has 0 aromatic heterocycles. The van der Waals surface area contributed by atoms with E-state index in [-0.39, 0.29) is 32.3 Å². The second kappa shape index (κ2) is 19.5. The lowest BCUT2D eigenvalue weighted by atomic mass is 10.2. The van der Waals surface area contributed by atoms with Gasteiger partial charge in [0.05, 0.1) is 13.2 Å². The van der Waals surface area contributed by atoms with Crippen molar-refractivity contribution in [3.8, 4) is 0 Å². The van der Waals surface area contributed by atoms with E-state index in [1.807, 2.05) is 13.8 Å². The molecule has 0 aromatic carbocycles. The highest BCUT2D eigenvalue weighted by Gasteiger charge is 1.99. The van der Waals surface area contributed by atoms with E-state index in [0.717, 1.165) is 25.7 Å². The number of allylic oxidation sites excluding steroid dienone is 2. The molecule has 25 heavy (non-hydrogen) atoms. The molecule has 0 spiro atoms. The Morgan fingerprint density at radius 2 is 1.08 bits per heavy atom. The van der Waals surface area contributed by atoms with Crippen molar-refractivity contribution in [2.75, 3.05) is 13.2 Å². The summed E-state index contributed by atoms with van der Waals surface area (Å²) in [5, 5.41) is 0. The van der Waals surface area contributed by atoms with E-state index in [4.69, 9.17) is 9.47 Å². The van der Waals surface area contributed by atoms with Crippen molar-refractivity contribution in [3.05, 3.63) is 24.3 Å². The average Bonchev–Trinajstić information content (AvgIpc) is 2.58. The van der Waals surface area contributed by atoms with Crippen LogP contribution in [0.2, 0.25) is 9.10 Å². The number of esters is 2. The van der Waals surface area contributed by atoms with Gasteiger partial charge in [-0.25, -0.2) is 9.59 Å². The number of unbranched alkanes of at least 4 members (excludes halogenated alkanes) is 6. The van der Waals surface area contributed by atoms with Gasteiger partial charge < -0.3 is 9.47 Å². The number of carbonyl (C=O) groups is 2. The molecule has 5 heteroatoms. The zero-order valence-electron chi connectivity index (χ0n) is 16.1. The minimum absolute atomic E-state index is 0.104. The Morgan fingerprint density at radius 1 is 0.680 bits per heavy atom. The lowest BCUT2D eigenvalue weighted by Gasteiger charge is -2.03. The summed E-state index contributed by atoms with van der Waals surface area (Å²) >= 11 is 0.104. The summed E-state index contributed by atoms with van der Waals surface area (Å²) in [6.45, 7) is 4.72. The standard InChI is InChI=1S/2C10H17O2.Mg/c2*1-3-5-6-7-9-12-10(11)8-4-2;/h2*4,8H,1,3,5-7,9H2,2H3;. The van der Waals surface area contributed by atoms with Crippen LogP contribution in [0.3, 0.4) is 0 Å². The zero-order valence-corrected chi connectivity index (χ0v) is 17.5. The molecule has 0 saturated carbocycles. The maximum absolute atomic E-state index is 11.1.